The van der Waals surface area contributed by atoms with Crippen molar-refractivity contribution in [2.75, 3.05) is 18.9 Å². The van der Waals surface area contributed by atoms with E-state index in [1.54, 1.807) is 19.1 Å². The predicted molar refractivity (Wildman–Crippen MR) is 145 cm³/mol. The van der Waals surface area contributed by atoms with Gasteiger partial charge < -0.3 is 29.9 Å². The monoisotopic (exact) mass is 595 g/mol. The molecule has 2 heterocycles. The van der Waals surface area contributed by atoms with Gasteiger partial charge in [-0.2, -0.15) is 10.1 Å². The third-order valence-electron chi connectivity index (χ3n) is 6.02. The summed E-state index contributed by atoms with van der Waals surface area (Å²) in [6.45, 7) is 6.28. The molecule has 0 aliphatic carbocycles. The lowest BCUT2D eigenvalue weighted by molar-refractivity contribution is -0.145. The molecule has 16 nitrogen and oxygen atoms in total. The van der Waals surface area contributed by atoms with Crippen LogP contribution in [0, 0.1) is 12.8 Å². The average Bonchev–Trinajstić information content (AvgIpc) is 3.14. The molecule has 0 amide bonds. The van der Waals surface area contributed by atoms with Crippen molar-refractivity contribution >= 4 is 19.5 Å². The summed E-state index contributed by atoms with van der Waals surface area (Å²) in [6.07, 6.45) is -4.00. The molecule has 0 saturated carbocycles. The van der Waals surface area contributed by atoms with Crippen molar-refractivity contribution < 1.29 is 38.1 Å². The number of rotatable bonds is 13. The van der Waals surface area contributed by atoms with Crippen molar-refractivity contribution in [1.29, 1.82) is 0 Å². The number of benzene rings is 1. The summed E-state index contributed by atoms with van der Waals surface area (Å²) in [6, 6.07) is 6.57. The fourth-order valence-corrected chi connectivity index (χ4v) is 5.56. The van der Waals surface area contributed by atoms with Crippen molar-refractivity contribution in [3.63, 3.8) is 0 Å². The quantitative estimate of drug-likeness (QED) is 0.0857. The predicted octanol–water partition coefficient (Wildman–Crippen LogP) is 2.16. The van der Waals surface area contributed by atoms with E-state index in [2.05, 4.69) is 20.1 Å². The number of hydrogen-bond donors (Lipinski definition) is 4. The molecular formula is C24H34N7O9P. The summed E-state index contributed by atoms with van der Waals surface area (Å²) in [5.41, 5.74) is 12.4. The van der Waals surface area contributed by atoms with Crippen LogP contribution in [0.25, 0.3) is 10.4 Å². The number of nitrogens with two attached hydrogens (primary N) is 1. The molecule has 1 saturated heterocycles. The maximum Gasteiger partial charge on any atom is 0.459 e. The van der Waals surface area contributed by atoms with Crippen LogP contribution in [-0.2, 0) is 23.4 Å². The lowest BCUT2D eigenvalue weighted by atomic mass is 10.1. The third-order valence-corrected chi connectivity index (χ3v) is 7.57. The summed E-state index contributed by atoms with van der Waals surface area (Å²) >= 11 is 0. The molecule has 1 aromatic carbocycles. The Bertz CT molecular complexity index is 1370. The van der Waals surface area contributed by atoms with Gasteiger partial charge in [-0.15, -0.1) is 0 Å². The van der Waals surface area contributed by atoms with Gasteiger partial charge in [0.15, 0.2) is 6.23 Å². The van der Waals surface area contributed by atoms with Gasteiger partial charge in [0.05, 0.1) is 13.2 Å². The zero-order valence-corrected chi connectivity index (χ0v) is 23.9. The Balaban J connectivity index is 1.96. The maximum atomic E-state index is 14.1. The van der Waals surface area contributed by atoms with Crippen LogP contribution in [0.4, 0.5) is 5.82 Å². The van der Waals surface area contributed by atoms with E-state index < -0.39 is 56.2 Å². The number of carbonyl (C=O) groups is 1. The van der Waals surface area contributed by atoms with Crippen molar-refractivity contribution in [2.24, 2.45) is 11.0 Å². The number of aliphatic hydroxyl groups excluding tert-OH is 2. The van der Waals surface area contributed by atoms with Crippen LogP contribution in [0.1, 0.15) is 39.0 Å². The number of aromatic nitrogens is 2. The number of ether oxygens (including phenoxy) is 2. The zero-order valence-electron chi connectivity index (χ0n) is 23.0. The molecule has 1 aromatic heterocycles. The number of carbonyl (C=O) groups excluding carboxylic acids is 1. The van der Waals surface area contributed by atoms with Gasteiger partial charge in [0.25, 0.3) is 0 Å². The number of anilines is 1. The van der Waals surface area contributed by atoms with Crippen LogP contribution >= 0.6 is 7.75 Å². The average molecular weight is 596 g/mol. The molecule has 0 radical (unpaired) electrons. The molecular weight excluding hydrogens is 561 g/mol. The molecule has 1 fully saturated rings. The fourth-order valence-electron chi connectivity index (χ4n) is 4.03. The van der Waals surface area contributed by atoms with Crippen molar-refractivity contribution in [2.45, 2.75) is 64.3 Å². The van der Waals surface area contributed by atoms with Crippen molar-refractivity contribution in [3.8, 4) is 5.75 Å². The number of aliphatic hydroxyl groups is 2. The second kappa shape index (κ2) is 13.4. The normalized spacial score (nSPS) is 24.3. The van der Waals surface area contributed by atoms with Crippen LogP contribution in [-0.4, -0.2) is 62.9 Å². The van der Waals surface area contributed by atoms with E-state index in [0.717, 1.165) is 10.1 Å². The SMILES string of the molecule is CCOC(=O)[C@H](CC(C)C)NP(=O)(OCC1(N=[N+]=[N-])O[C@@H](n2ccc(N)nc2=O)[C@H](O)[C@@H]1O)Oc1ccc(C)cc1. The van der Waals surface area contributed by atoms with Gasteiger partial charge in [0.2, 0.25) is 5.72 Å². The molecule has 0 bridgehead atoms. The van der Waals surface area contributed by atoms with Crippen LogP contribution < -0.4 is 21.0 Å². The van der Waals surface area contributed by atoms with Crippen LogP contribution in [0.2, 0.25) is 0 Å². The summed E-state index contributed by atoms with van der Waals surface area (Å²) in [5.74, 6) is -0.726. The van der Waals surface area contributed by atoms with E-state index in [1.807, 2.05) is 20.8 Å². The molecule has 2 aromatic rings. The van der Waals surface area contributed by atoms with E-state index in [0.29, 0.717) is 0 Å². The number of esters is 1. The highest BCUT2D eigenvalue weighted by Crippen LogP contribution is 2.48. The second-order valence-corrected chi connectivity index (χ2v) is 11.5. The molecule has 2 unspecified atom stereocenters. The first-order valence-electron chi connectivity index (χ1n) is 12.7. The first-order valence-corrected chi connectivity index (χ1v) is 14.3. The smallest absolute Gasteiger partial charge is 0.459 e. The Morgan fingerprint density at radius 3 is 2.61 bits per heavy atom. The topological polar surface area (TPSA) is 233 Å². The van der Waals surface area contributed by atoms with Gasteiger partial charge in [-0.05, 0) is 49.9 Å². The standard InChI is InChI=1S/C24H34N7O9P/c1-5-37-22(34)17(12-14(2)3)28-41(36,40-16-8-6-15(4)7-9-16)38-13-24(29-30-26)20(33)19(32)21(39-24)31-11-10-18(25)27-23(31)35/h6-11,14,17,19-21,32-33H,5,12-13H2,1-4H3,(H,28,36)(H2,25,27,35)/t17-,19+,20-,21+,24?,41?/m0/s1. The Labute approximate surface area is 235 Å². The molecule has 5 N–H and O–H groups in total. The first-order chi connectivity index (χ1) is 19.3. The minimum atomic E-state index is -4.52. The number of nitrogens with zero attached hydrogens (tertiary/aromatic N) is 5. The lowest BCUT2D eigenvalue weighted by Gasteiger charge is -2.30. The molecule has 1 aliphatic rings. The van der Waals surface area contributed by atoms with E-state index in [-0.39, 0.29) is 30.5 Å². The maximum absolute atomic E-state index is 14.1. The Kier molecular flexibility index (Phi) is 10.5. The highest BCUT2D eigenvalue weighted by atomic mass is 31.2. The molecule has 17 heteroatoms. The highest BCUT2D eigenvalue weighted by molar-refractivity contribution is 7.52. The van der Waals surface area contributed by atoms with Gasteiger partial charge in [0, 0.05) is 11.1 Å². The van der Waals surface area contributed by atoms with Gasteiger partial charge in [0.1, 0.15) is 29.8 Å². The fraction of sp³-hybridized carbons (Fsp3) is 0.542. The number of aryl methyl sites for hydroxylation is 1. The summed E-state index contributed by atoms with van der Waals surface area (Å²) in [5, 5.41) is 27.7. The largest absolute Gasteiger partial charge is 0.465 e. The number of nitrogens with one attached hydrogen (secondary N) is 1. The van der Waals surface area contributed by atoms with E-state index in [9.17, 15) is 29.9 Å². The molecule has 3 rings (SSSR count). The minimum absolute atomic E-state index is 0.0398. The molecule has 0 spiro atoms. The zero-order chi connectivity index (χ0) is 30.4. The van der Waals surface area contributed by atoms with Gasteiger partial charge in [-0.3, -0.25) is 13.9 Å². The van der Waals surface area contributed by atoms with Crippen LogP contribution in [0.15, 0.2) is 46.4 Å². The molecule has 6 atom stereocenters. The molecule has 41 heavy (non-hydrogen) atoms. The summed E-state index contributed by atoms with van der Waals surface area (Å²) in [4.78, 5) is 31.3. The van der Waals surface area contributed by atoms with E-state index in [1.165, 1.54) is 24.4 Å². The lowest BCUT2D eigenvalue weighted by Crippen LogP contribution is -2.46. The van der Waals surface area contributed by atoms with Gasteiger partial charge in [-0.1, -0.05) is 36.7 Å². The Morgan fingerprint density at radius 1 is 1.34 bits per heavy atom. The summed E-state index contributed by atoms with van der Waals surface area (Å²) < 4.78 is 37.1. The first kappa shape index (κ1) is 32.0. The second-order valence-electron chi connectivity index (χ2n) is 9.76. The van der Waals surface area contributed by atoms with Gasteiger partial charge in [-0.25, -0.2) is 9.36 Å². The Morgan fingerprint density at radius 2 is 2.02 bits per heavy atom. The minimum Gasteiger partial charge on any atom is -0.465 e. The van der Waals surface area contributed by atoms with E-state index in [4.69, 9.17) is 24.3 Å². The van der Waals surface area contributed by atoms with Gasteiger partial charge >= 0.3 is 19.4 Å². The van der Waals surface area contributed by atoms with E-state index >= 15 is 0 Å². The summed E-state index contributed by atoms with van der Waals surface area (Å²) in [7, 11) is -4.52. The third kappa shape index (κ3) is 7.83. The number of nitrogen functional groups attached to an aromatic ring is 1. The van der Waals surface area contributed by atoms with Crippen LogP contribution in [0.5, 0.6) is 5.75 Å². The molecule has 1 aliphatic heterocycles. The highest BCUT2D eigenvalue weighted by Gasteiger charge is 2.56. The Hall–Kier alpha value is -3.49. The number of azide groups is 1. The number of hydrogen-bond acceptors (Lipinski definition) is 12. The van der Waals surface area contributed by atoms with Crippen molar-refractivity contribution in [1.82, 2.24) is 14.6 Å². The van der Waals surface area contributed by atoms with Crippen LogP contribution in [0.3, 0.4) is 0 Å². The molecule has 224 valence electrons. The van der Waals surface area contributed by atoms with Crippen molar-refractivity contribution in [3.05, 3.63) is 63.0 Å².